The standard InChI is InChI=1S/C38H73NO5S/c1-3-5-7-9-11-13-15-17-18-19-20-22-23-25-27-29-31-33-37(40)36(35-45(42,43)44)39-38(41)34-32-30-28-26-24-21-16-14-12-10-8-6-4-2/h14,16,31,33,36-37,40H,3-13,15,17-30,32,34-35H2,1-2H3,(H,39,41)(H,42,43,44)/b16-14-,33-31+. The predicted octanol–water partition coefficient (Wildman–Crippen LogP) is 10.8. The normalized spacial score (nSPS) is 13.6. The van der Waals surface area contributed by atoms with Crippen LogP contribution in [-0.4, -0.2) is 41.9 Å². The molecule has 45 heavy (non-hydrogen) atoms. The zero-order valence-corrected chi connectivity index (χ0v) is 30.3. The molecule has 0 aromatic heterocycles. The number of aliphatic hydroxyl groups excluding tert-OH is 1. The maximum atomic E-state index is 12.4. The van der Waals surface area contributed by atoms with Gasteiger partial charge in [0, 0.05) is 6.42 Å². The van der Waals surface area contributed by atoms with Gasteiger partial charge in [-0.05, 0) is 44.9 Å². The van der Waals surface area contributed by atoms with Gasteiger partial charge in [-0.3, -0.25) is 9.35 Å². The first-order valence-electron chi connectivity index (χ1n) is 19.0. The molecule has 0 aliphatic carbocycles. The van der Waals surface area contributed by atoms with E-state index in [2.05, 4.69) is 31.3 Å². The van der Waals surface area contributed by atoms with E-state index in [0.29, 0.717) is 0 Å². The zero-order chi connectivity index (χ0) is 33.3. The molecule has 2 atom stereocenters. The molecule has 0 heterocycles. The highest BCUT2D eigenvalue weighted by Gasteiger charge is 2.24. The van der Waals surface area contributed by atoms with Gasteiger partial charge in [0.15, 0.2) is 0 Å². The molecule has 3 N–H and O–H groups in total. The highest BCUT2D eigenvalue weighted by atomic mass is 32.2. The second kappa shape index (κ2) is 32.7. The van der Waals surface area contributed by atoms with Crippen molar-refractivity contribution in [3.05, 3.63) is 24.3 Å². The van der Waals surface area contributed by atoms with Crippen LogP contribution in [0.25, 0.3) is 0 Å². The third-order valence-corrected chi connectivity index (χ3v) is 9.40. The number of hydrogen-bond donors (Lipinski definition) is 3. The fourth-order valence-corrected chi connectivity index (χ4v) is 6.47. The number of nitrogens with one attached hydrogen (secondary N) is 1. The smallest absolute Gasteiger partial charge is 0.267 e. The van der Waals surface area contributed by atoms with Crippen molar-refractivity contribution in [2.45, 2.75) is 206 Å². The third kappa shape index (κ3) is 34.0. The van der Waals surface area contributed by atoms with Crippen LogP contribution in [-0.2, 0) is 14.9 Å². The molecule has 0 aliphatic heterocycles. The van der Waals surface area contributed by atoms with Crippen LogP contribution in [0.1, 0.15) is 194 Å². The Bertz CT molecular complexity index is 811. The van der Waals surface area contributed by atoms with Gasteiger partial charge in [-0.15, -0.1) is 0 Å². The summed E-state index contributed by atoms with van der Waals surface area (Å²) in [7, 11) is -4.34. The lowest BCUT2D eigenvalue weighted by atomic mass is 10.0. The Labute approximate surface area is 279 Å². The minimum absolute atomic E-state index is 0.287. The third-order valence-electron chi connectivity index (χ3n) is 8.62. The van der Waals surface area contributed by atoms with Gasteiger partial charge in [0.05, 0.1) is 17.9 Å². The van der Waals surface area contributed by atoms with E-state index >= 15 is 0 Å². The molecule has 1 amide bonds. The van der Waals surface area contributed by atoms with Gasteiger partial charge in [-0.2, -0.15) is 8.42 Å². The van der Waals surface area contributed by atoms with E-state index in [9.17, 15) is 22.9 Å². The Morgan fingerprint density at radius 3 is 1.36 bits per heavy atom. The van der Waals surface area contributed by atoms with Crippen molar-refractivity contribution in [1.82, 2.24) is 5.32 Å². The van der Waals surface area contributed by atoms with E-state index < -0.39 is 28.0 Å². The number of aliphatic hydroxyl groups is 1. The van der Waals surface area contributed by atoms with Gasteiger partial charge in [-0.1, -0.05) is 167 Å². The minimum Gasteiger partial charge on any atom is -0.387 e. The molecule has 0 aromatic rings. The van der Waals surface area contributed by atoms with Gasteiger partial charge in [0.2, 0.25) is 5.91 Å². The van der Waals surface area contributed by atoms with E-state index in [1.54, 1.807) is 6.08 Å². The molecule has 0 fully saturated rings. The highest BCUT2D eigenvalue weighted by Crippen LogP contribution is 2.14. The van der Waals surface area contributed by atoms with Crippen LogP contribution in [0.3, 0.4) is 0 Å². The fourth-order valence-electron chi connectivity index (χ4n) is 5.74. The average molecular weight is 656 g/mol. The van der Waals surface area contributed by atoms with Crippen LogP contribution in [0.2, 0.25) is 0 Å². The van der Waals surface area contributed by atoms with Gasteiger partial charge in [0.1, 0.15) is 0 Å². The molecule has 0 aliphatic rings. The van der Waals surface area contributed by atoms with E-state index in [1.165, 1.54) is 116 Å². The van der Waals surface area contributed by atoms with Crippen LogP contribution < -0.4 is 5.32 Å². The topological polar surface area (TPSA) is 104 Å². The Kier molecular flexibility index (Phi) is 31.9. The second-order valence-corrected chi connectivity index (χ2v) is 14.7. The molecule has 0 saturated carbocycles. The van der Waals surface area contributed by atoms with Crippen LogP contribution in [0, 0.1) is 0 Å². The van der Waals surface area contributed by atoms with Crippen molar-refractivity contribution >= 4 is 16.0 Å². The number of carbonyl (C=O) groups excluding carboxylic acids is 1. The molecule has 266 valence electrons. The predicted molar refractivity (Wildman–Crippen MR) is 193 cm³/mol. The summed E-state index contributed by atoms with van der Waals surface area (Å²) in [6.45, 7) is 4.50. The maximum absolute atomic E-state index is 12.4. The summed E-state index contributed by atoms with van der Waals surface area (Å²) in [4.78, 5) is 12.4. The first-order valence-corrected chi connectivity index (χ1v) is 20.6. The van der Waals surface area contributed by atoms with E-state index in [1.807, 2.05) is 6.08 Å². The van der Waals surface area contributed by atoms with Crippen molar-refractivity contribution in [3.63, 3.8) is 0 Å². The summed E-state index contributed by atoms with van der Waals surface area (Å²) >= 11 is 0. The van der Waals surface area contributed by atoms with Crippen LogP contribution in [0.5, 0.6) is 0 Å². The molecule has 6 nitrogen and oxygen atoms in total. The van der Waals surface area contributed by atoms with Crippen molar-refractivity contribution in [3.8, 4) is 0 Å². The molecule has 0 aromatic carbocycles. The lowest BCUT2D eigenvalue weighted by Gasteiger charge is -2.21. The second-order valence-electron chi connectivity index (χ2n) is 13.2. The number of amides is 1. The van der Waals surface area contributed by atoms with E-state index in [-0.39, 0.29) is 12.3 Å². The Morgan fingerprint density at radius 2 is 0.933 bits per heavy atom. The Morgan fingerprint density at radius 1 is 0.578 bits per heavy atom. The first kappa shape index (κ1) is 43.8. The van der Waals surface area contributed by atoms with Crippen LogP contribution in [0.4, 0.5) is 0 Å². The lowest BCUT2D eigenvalue weighted by Crippen LogP contribution is -2.46. The van der Waals surface area contributed by atoms with E-state index in [0.717, 1.165) is 57.8 Å². The number of allylic oxidation sites excluding steroid dienone is 3. The summed E-state index contributed by atoms with van der Waals surface area (Å²) in [6.07, 6.45) is 40.1. The molecular weight excluding hydrogens is 582 g/mol. The SMILES string of the molecule is CCCCCC/C=C\CCCCCCCC(=O)NC(CS(=O)(=O)O)C(O)/C=C/CCCCCCCCCCCCCCCCC. The lowest BCUT2D eigenvalue weighted by molar-refractivity contribution is -0.122. The molecule has 0 spiro atoms. The number of hydrogen-bond acceptors (Lipinski definition) is 4. The number of rotatable bonds is 34. The summed E-state index contributed by atoms with van der Waals surface area (Å²) in [5.41, 5.74) is 0. The van der Waals surface area contributed by atoms with Gasteiger partial charge >= 0.3 is 0 Å². The van der Waals surface area contributed by atoms with Crippen molar-refractivity contribution < 1.29 is 22.9 Å². The van der Waals surface area contributed by atoms with Crippen LogP contribution >= 0.6 is 0 Å². The molecule has 2 unspecified atom stereocenters. The van der Waals surface area contributed by atoms with Crippen molar-refractivity contribution in [2.75, 3.05) is 5.75 Å². The minimum atomic E-state index is -4.34. The van der Waals surface area contributed by atoms with Crippen molar-refractivity contribution in [2.24, 2.45) is 0 Å². The molecule has 0 saturated heterocycles. The largest absolute Gasteiger partial charge is 0.387 e. The summed E-state index contributed by atoms with van der Waals surface area (Å²) < 4.78 is 32.4. The monoisotopic (exact) mass is 656 g/mol. The zero-order valence-electron chi connectivity index (χ0n) is 29.5. The van der Waals surface area contributed by atoms with Crippen molar-refractivity contribution in [1.29, 1.82) is 0 Å². The molecule has 7 heteroatoms. The van der Waals surface area contributed by atoms with Gasteiger partial charge in [0.25, 0.3) is 10.1 Å². The summed E-state index contributed by atoms with van der Waals surface area (Å²) in [5, 5.41) is 13.2. The number of carbonyl (C=O) groups is 1. The molecule has 0 radical (unpaired) electrons. The molecular formula is C38H73NO5S. The highest BCUT2D eigenvalue weighted by molar-refractivity contribution is 7.85. The first-order chi connectivity index (χ1) is 21.8. The van der Waals surface area contributed by atoms with Gasteiger partial charge < -0.3 is 10.4 Å². The van der Waals surface area contributed by atoms with Crippen LogP contribution in [0.15, 0.2) is 24.3 Å². The van der Waals surface area contributed by atoms with E-state index in [4.69, 9.17) is 0 Å². The summed E-state index contributed by atoms with van der Waals surface area (Å²) in [5.74, 6) is -0.987. The fraction of sp³-hybridized carbons (Fsp3) is 0.868. The average Bonchev–Trinajstić information content (AvgIpc) is 3.00. The number of unbranched alkanes of at least 4 members (excludes halogenated alkanes) is 24. The quantitative estimate of drug-likeness (QED) is 0.0363. The Balaban J connectivity index is 3.97. The Hall–Kier alpha value is -1.18. The maximum Gasteiger partial charge on any atom is 0.267 e. The molecule has 0 bridgehead atoms. The summed E-state index contributed by atoms with van der Waals surface area (Å²) in [6, 6.07) is -1.06. The van der Waals surface area contributed by atoms with Gasteiger partial charge in [-0.25, -0.2) is 0 Å². The molecule has 0 rings (SSSR count).